The standard InChI is InChI=1S/C31H30N6O4/c1-19(34-29-25(18-33-20(2)35-29)30(38)36(3)41-5)26-16-22-10-9-13-24(21-14-15-32-27(17-21)40-4)28(22)31(39)37(26)23-11-7-6-8-12-23/h6-19H,1-5H3,(H,33,34,35)/t19-/m0/s1. The Kier molecular flexibility index (Phi) is 7.75. The Labute approximate surface area is 237 Å². The van der Waals surface area contributed by atoms with Crippen LogP contribution in [0.5, 0.6) is 5.88 Å². The van der Waals surface area contributed by atoms with Crippen LogP contribution in [0.2, 0.25) is 0 Å². The van der Waals surface area contributed by atoms with Crippen molar-refractivity contribution in [2.24, 2.45) is 0 Å². The van der Waals surface area contributed by atoms with Gasteiger partial charge in [0.2, 0.25) is 5.88 Å². The maximum atomic E-state index is 14.4. The number of carbonyl (C=O) groups excluding carboxylic acids is 1. The van der Waals surface area contributed by atoms with Crippen molar-refractivity contribution in [3.8, 4) is 22.7 Å². The molecule has 0 saturated carbocycles. The first-order valence-electron chi connectivity index (χ1n) is 13.0. The lowest BCUT2D eigenvalue weighted by Gasteiger charge is -2.23. The second-order valence-corrected chi connectivity index (χ2v) is 9.43. The number of anilines is 1. The number of aryl methyl sites for hydroxylation is 1. The minimum absolute atomic E-state index is 0.182. The molecule has 5 aromatic rings. The predicted octanol–water partition coefficient (Wildman–Crippen LogP) is 4.97. The summed E-state index contributed by atoms with van der Waals surface area (Å²) < 4.78 is 7.02. The molecule has 10 nitrogen and oxygen atoms in total. The van der Waals surface area contributed by atoms with Crippen molar-refractivity contribution in [2.45, 2.75) is 19.9 Å². The van der Waals surface area contributed by atoms with Crippen molar-refractivity contribution in [3.63, 3.8) is 0 Å². The number of hydrogen-bond acceptors (Lipinski definition) is 8. The quantitative estimate of drug-likeness (QED) is 0.270. The zero-order chi connectivity index (χ0) is 29.1. The number of hydroxylamine groups is 2. The summed E-state index contributed by atoms with van der Waals surface area (Å²) >= 11 is 0. The third-order valence-electron chi connectivity index (χ3n) is 6.84. The van der Waals surface area contributed by atoms with Gasteiger partial charge in [-0.2, -0.15) is 0 Å². The van der Waals surface area contributed by atoms with Crippen molar-refractivity contribution in [3.05, 3.63) is 107 Å². The van der Waals surface area contributed by atoms with Crippen LogP contribution in [-0.2, 0) is 4.84 Å². The Bertz CT molecular complexity index is 1790. The van der Waals surface area contributed by atoms with E-state index in [2.05, 4.69) is 20.3 Å². The molecule has 0 spiro atoms. The number of nitrogens with zero attached hydrogens (tertiary/aromatic N) is 5. The van der Waals surface area contributed by atoms with Gasteiger partial charge in [0.05, 0.1) is 25.6 Å². The van der Waals surface area contributed by atoms with Crippen LogP contribution in [0.3, 0.4) is 0 Å². The Balaban J connectivity index is 1.70. The molecule has 5 rings (SSSR count). The average molecular weight is 551 g/mol. The van der Waals surface area contributed by atoms with E-state index >= 15 is 0 Å². The molecular weight excluding hydrogens is 520 g/mol. The molecule has 1 amide bonds. The average Bonchev–Trinajstić information content (AvgIpc) is 3.00. The number of carbonyl (C=O) groups is 1. The van der Waals surface area contributed by atoms with Crippen molar-refractivity contribution >= 4 is 22.5 Å². The molecule has 208 valence electrons. The van der Waals surface area contributed by atoms with Gasteiger partial charge >= 0.3 is 0 Å². The molecule has 0 saturated heterocycles. The minimum Gasteiger partial charge on any atom is -0.481 e. The highest BCUT2D eigenvalue weighted by Crippen LogP contribution is 2.31. The SMILES string of the molecule is COc1cc(-c2cccc3cc([C@H](C)Nc4nc(C)ncc4C(=O)N(C)OC)n(-c4ccccc4)c(=O)c23)ccn1. The zero-order valence-corrected chi connectivity index (χ0v) is 23.5. The van der Waals surface area contributed by atoms with Gasteiger partial charge in [0, 0.05) is 36.9 Å². The molecule has 0 fully saturated rings. The highest BCUT2D eigenvalue weighted by Gasteiger charge is 2.23. The van der Waals surface area contributed by atoms with Gasteiger partial charge in [-0.05, 0) is 54.6 Å². The lowest BCUT2D eigenvalue weighted by Crippen LogP contribution is -2.29. The van der Waals surface area contributed by atoms with Crippen LogP contribution in [-0.4, -0.2) is 51.8 Å². The third kappa shape index (κ3) is 5.37. The molecule has 1 N–H and O–H groups in total. The van der Waals surface area contributed by atoms with E-state index in [1.54, 1.807) is 24.8 Å². The summed E-state index contributed by atoms with van der Waals surface area (Å²) in [5.74, 6) is 0.886. The minimum atomic E-state index is -0.439. The molecule has 0 aliphatic carbocycles. The third-order valence-corrected chi connectivity index (χ3v) is 6.84. The molecule has 0 aliphatic rings. The smallest absolute Gasteiger partial charge is 0.282 e. The zero-order valence-electron chi connectivity index (χ0n) is 23.5. The Morgan fingerprint density at radius 1 is 1.02 bits per heavy atom. The molecule has 10 heteroatoms. The summed E-state index contributed by atoms with van der Waals surface area (Å²) in [4.78, 5) is 45.4. The summed E-state index contributed by atoms with van der Waals surface area (Å²) in [5, 5.41) is 5.80. The van der Waals surface area contributed by atoms with Gasteiger partial charge < -0.3 is 10.1 Å². The number of methoxy groups -OCH3 is 1. The molecule has 0 unspecified atom stereocenters. The number of rotatable bonds is 8. The van der Waals surface area contributed by atoms with Crippen molar-refractivity contribution in [2.75, 3.05) is 26.6 Å². The summed E-state index contributed by atoms with van der Waals surface area (Å²) in [5.41, 5.74) is 3.05. The Morgan fingerprint density at radius 2 is 1.80 bits per heavy atom. The van der Waals surface area contributed by atoms with E-state index in [9.17, 15) is 9.59 Å². The van der Waals surface area contributed by atoms with Gasteiger partial charge in [0.1, 0.15) is 17.2 Å². The Morgan fingerprint density at radius 3 is 2.54 bits per heavy atom. The highest BCUT2D eigenvalue weighted by atomic mass is 16.7. The van der Waals surface area contributed by atoms with E-state index in [4.69, 9.17) is 9.57 Å². The molecule has 0 bridgehead atoms. The lowest BCUT2D eigenvalue weighted by atomic mass is 9.98. The van der Waals surface area contributed by atoms with E-state index in [0.29, 0.717) is 34.3 Å². The highest BCUT2D eigenvalue weighted by molar-refractivity contribution is 5.98. The van der Waals surface area contributed by atoms with Crippen LogP contribution in [0.4, 0.5) is 5.82 Å². The summed E-state index contributed by atoms with van der Waals surface area (Å²) in [6.45, 7) is 3.67. The second kappa shape index (κ2) is 11.6. The first-order valence-corrected chi connectivity index (χ1v) is 13.0. The van der Waals surface area contributed by atoms with E-state index < -0.39 is 11.9 Å². The molecule has 41 heavy (non-hydrogen) atoms. The van der Waals surface area contributed by atoms with Gasteiger partial charge in [-0.15, -0.1) is 0 Å². The summed E-state index contributed by atoms with van der Waals surface area (Å²) in [7, 11) is 4.48. The van der Waals surface area contributed by atoms with Crippen LogP contribution >= 0.6 is 0 Å². The van der Waals surface area contributed by atoms with E-state index in [1.165, 1.54) is 20.4 Å². The fraction of sp³-hybridized carbons (Fsp3) is 0.194. The van der Waals surface area contributed by atoms with Crippen LogP contribution in [0, 0.1) is 6.92 Å². The molecule has 1 atom stereocenters. The van der Waals surface area contributed by atoms with Gasteiger partial charge in [0.25, 0.3) is 11.5 Å². The maximum absolute atomic E-state index is 14.4. The molecule has 2 aromatic carbocycles. The summed E-state index contributed by atoms with van der Waals surface area (Å²) in [6.07, 6.45) is 3.13. The van der Waals surface area contributed by atoms with E-state index in [0.717, 1.165) is 21.6 Å². The number of pyridine rings is 2. The van der Waals surface area contributed by atoms with Gasteiger partial charge in [-0.1, -0.05) is 36.4 Å². The van der Waals surface area contributed by atoms with Gasteiger partial charge in [-0.25, -0.2) is 20.0 Å². The van der Waals surface area contributed by atoms with Gasteiger partial charge in [0.15, 0.2) is 0 Å². The lowest BCUT2D eigenvalue weighted by molar-refractivity contribution is -0.0756. The normalized spacial score (nSPS) is 11.7. The van der Waals surface area contributed by atoms with Crippen LogP contribution in [0.1, 0.15) is 34.8 Å². The fourth-order valence-corrected chi connectivity index (χ4v) is 4.74. The van der Waals surface area contributed by atoms with Crippen molar-refractivity contribution in [1.29, 1.82) is 0 Å². The molecular formula is C31H30N6O4. The predicted molar refractivity (Wildman–Crippen MR) is 157 cm³/mol. The molecule has 0 aliphatic heterocycles. The number of amides is 1. The maximum Gasteiger partial charge on any atom is 0.282 e. The van der Waals surface area contributed by atoms with Crippen LogP contribution in [0.25, 0.3) is 27.6 Å². The van der Waals surface area contributed by atoms with Crippen molar-refractivity contribution in [1.82, 2.24) is 24.6 Å². The van der Waals surface area contributed by atoms with Crippen LogP contribution in [0.15, 0.2) is 83.9 Å². The largest absolute Gasteiger partial charge is 0.481 e. The number of fused-ring (bicyclic) bond motifs is 1. The molecule has 0 radical (unpaired) electrons. The van der Waals surface area contributed by atoms with Crippen molar-refractivity contribution < 1.29 is 14.4 Å². The number of para-hydroxylation sites is 1. The second-order valence-electron chi connectivity index (χ2n) is 9.43. The monoisotopic (exact) mass is 550 g/mol. The Hall–Kier alpha value is -5.09. The molecule has 3 aromatic heterocycles. The number of nitrogens with one attached hydrogen (secondary N) is 1. The number of aromatic nitrogens is 4. The van der Waals surface area contributed by atoms with Gasteiger partial charge in [-0.3, -0.25) is 19.0 Å². The number of benzene rings is 2. The topological polar surface area (TPSA) is 111 Å². The fourth-order valence-electron chi connectivity index (χ4n) is 4.74. The number of ether oxygens (including phenoxy) is 1. The number of hydrogen-bond donors (Lipinski definition) is 1. The first-order chi connectivity index (χ1) is 19.8. The molecule has 3 heterocycles. The first kappa shape index (κ1) is 27.5. The summed E-state index contributed by atoms with van der Waals surface area (Å²) in [6, 6.07) is 20.4. The van der Waals surface area contributed by atoms with Crippen LogP contribution < -0.4 is 15.6 Å². The van der Waals surface area contributed by atoms with E-state index in [1.807, 2.05) is 73.7 Å². The van der Waals surface area contributed by atoms with E-state index in [-0.39, 0.29) is 11.1 Å².